The Morgan fingerprint density at radius 1 is 1.17 bits per heavy atom. The van der Waals surface area contributed by atoms with Crippen molar-refractivity contribution in [1.82, 2.24) is 0 Å². The first-order chi connectivity index (χ1) is 11.1. The lowest BCUT2D eigenvalue weighted by Gasteiger charge is -2.37. The molecule has 0 fully saturated rings. The highest BCUT2D eigenvalue weighted by Crippen LogP contribution is 2.49. The molecule has 0 bridgehead atoms. The van der Waals surface area contributed by atoms with Gasteiger partial charge in [0.1, 0.15) is 0 Å². The highest BCUT2D eigenvalue weighted by atomic mass is 16.6. The van der Waals surface area contributed by atoms with Gasteiger partial charge in [-0.1, -0.05) is 42.0 Å². The topological polar surface area (TPSA) is 55.2 Å². The van der Waals surface area contributed by atoms with Crippen LogP contribution in [-0.2, 0) is 0 Å². The summed E-state index contributed by atoms with van der Waals surface area (Å²) in [7, 11) is 0. The lowest BCUT2D eigenvalue weighted by atomic mass is 9.76. The van der Waals surface area contributed by atoms with E-state index in [1.165, 1.54) is 16.8 Å². The molecule has 4 heteroatoms. The van der Waals surface area contributed by atoms with Crippen LogP contribution in [0.4, 0.5) is 11.4 Å². The molecular weight excluding hydrogens is 288 g/mol. The fourth-order valence-corrected chi connectivity index (χ4v) is 3.85. The molecule has 2 aromatic rings. The van der Waals surface area contributed by atoms with E-state index in [4.69, 9.17) is 0 Å². The fourth-order valence-electron chi connectivity index (χ4n) is 3.85. The van der Waals surface area contributed by atoms with Crippen LogP contribution in [0.25, 0.3) is 0 Å². The van der Waals surface area contributed by atoms with Crippen molar-refractivity contribution in [2.45, 2.75) is 25.3 Å². The average molecular weight is 306 g/mol. The third-order valence-electron chi connectivity index (χ3n) is 4.98. The van der Waals surface area contributed by atoms with E-state index in [9.17, 15) is 10.1 Å². The number of rotatable bonds is 2. The summed E-state index contributed by atoms with van der Waals surface area (Å²) in [5.74, 6) is 0.886. The van der Waals surface area contributed by atoms with Crippen molar-refractivity contribution in [2.24, 2.45) is 5.92 Å². The summed E-state index contributed by atoms with van der Waals surface area (Å²) in [5, 5.41) is 14.5. The number of anilines is 1. The standard InChI is InChI=1S/C19H18N2O2/c1-12-5-10-18-17(11-12)15-3-2-4-16(15)19(20-18)13-6-8-14(9-7-13)21(22)23/h2-3,5-11,15-16,19-20H,4H2,1H3/t15-,16-,19-/m0/s1. The Morgan fingerprint density at radius 3 is 2.70 bits per heavy atom. The van der Waals surface area contributed by atoms with Gasteiger partial charge in [-0.15, -0.1) is 0 Å². The molecule has 0 aromatic heterocycles. The first-order valence-electron chi connectivity index (χ1n) is 7.91. The lowest BCUT2D eigenvalue weighted by Crippen LogP contribution is -2.29. The summed E-state index contributed by atoms with van der Waals surface area (Å²) >= 11 is 0. The van der Waals surface area contributed by atoms with Crippen molar-refractivity contribution in [3.63, 3.8) is 0 Å². The Hall–Kier alpha value is -2.62. The number of fused-ring (bicyclic) bond motifs is 3. The van der Waals surface area contributed by atoms with E-state index in [0.717, 1.165) is 12.0 Å². The molecular formula is C19H18N2O2. The van der Waals surface area contributed by atoms with Crippen molar-refractivity contribution in [2.75, 3.05) is 5.32 Å². The van der Waals surface area contributed by atoms with Crippen LogP contribution in [-0.4, -0.2) is 4.92 Å². The van der Waals surface area contributed by atoms with Gasteiger partial charge >= 0.3 is 0 Å². The number of benzene rings is 2. The highest BCUT2D eigenvalue weighted by molar-refractivity contribution is 5.60. The van der Waals surface area contributed by atoms with Gasteiger partial charge in [0.2, 0.25) is 0 Å². The molecule has 0 radical (unpaired) electrons. The van der Waals surface area contributed by atoms with Crippen molar-refractivity contribution >= 4 is 11.4 Å². The lowest BCUT2D eigenvalue weighted by molar-refractivity contribution is -0.384. The van der Waals surface area contributed by atoms with Crippen LogP contribution in [0.1, 0.15) is 35.1 Å². The van der Waals surface area contributed by atoms with Crippen molar-refractivity contribution < 1.29 is 4.92 Å². The maximum Gasteiger partial charge on any atom is 0.269 e. The molecule has 2 aromatic carbocycles. The van der Waals surface area contributed by atoms with Gasteiger partial charge in [0.05, 0.1) is 11.0 Å². The molecule has 116 valence electrons. The molecule has 4 nitrogen and oxygen atoms in total. The second-order valence-corrected chi connectivity index (χ2v) is 6.41. The summed E-state index contributed by atoms with van der Waals surface area (Å²) in [6, 6.07) is 13.7. The molecule has 0 amide bonds. The minimum atomic E-state index is -0.351. The predicted octanol–water partition coefficient (Wildman–Crippen LogP) is 4.73. The zero-order chi connectivity index (χ0) is 16.0. The molecule has 0 unspecified atom stereocenters. The fraction of sp³-hybridized carbons (Fsp3) is 0.263. The molecule has 1 aliphatic carbocycles. The highest BCUT2D eigenvalue weighted by Gasteiger charge is 2.37. The molecule has 2 aliphatic rings. The van der Waals surface area contributed by atoms with Gasteiger partial charge in [0.15, 0.2) is 0 Å². The van der Waals surface area contributed by atoms with E-state index in [0.29, 0.717) is 11.8 Å². The zero-order valence-electron chi connectivity index (χ0n) is 12.9. The predicted molar refractivity (Wildman–Crippen MR) is 90.6 cm³/mol. The number of nitro groups is 1. The van der Waals surface area contributed by atoms with Gasteiger partial charge in [-0.2, -0.15) is 0 Å². The van der Waals surface area contributed by atoms with Crippen LogP contribution in [0.3, 0.4) is 0 Å². The number of non-ortho nitro benzene ring substituents is 1. The van der Waals surface area contributed by atoms with E-state index >= 15 is 0 Å². The summed E-state index contributed by atoms with van der Waals surface area (Å²) in [4.78, 5) is 10.5. The Balaban J connectivity index is 1.73. The van der Waals surface area contributed by atoms with Crippen LogP contribution in [0, 0.1) is 23.0 Å². The molecule has 1 heterocycles. The van der Waals surface area contributed by atoms with E-state index in [1.807, 2.05) is 12.1 Å². The van der Waals surface area contributed by atoms with Gasteiger partial charge in [-0.05, 0) is 36.5 Å². The normalized spacial score (nSPS) is 24.7. The smallest absolute Gasteiger partial charge is 0.269 e. The van der Waals surface area contributed by atoms with Gasteiger partial charge in [-0.25, -0.2) is 0 Å². The second kappa shape index (κ2) is 5.23. The number of hydrogen-bond donors (Lipinski definition) is 1. The average Bonchev–Trinajstić information content (AvgIpc) is 3.04. The third-order valence-corrected chi connectivity index (χ3v) is 4.98. The zero-order valence-corrected chi connectivity index (χ0v) is 12.9. The number of nitrogens with one attached hydrogen (secondary N) is 1. The summed E-state index contributed by atoms with van der Waals surface area (Å²) in [6.45, 7) is 2.12. The summed E-state index contributed by atoms with van der Waals surface area (Å²) in [6.07, 6.45) is 5.60. The van der Waals surface area contributed by atoms with Gasteiger partial charge in [0, 0.05) is 23.7 Å². The maximum atomic E-state index is 10.8. The second-order valence-electron chi connectivity index (χ2n) is 6.41. The Labute approximate surface area is 135 Å². The molecule has 0 spiro atoms. The number of allylic oxidation sites excluding steroid dienone is 2. The Morgan fingerprint density at radius 2 is 1.96 bits per heavy atom. The monoisotopic (exact) mass is 306 g/mol. The number of nitrogens with zero attached hydrogens (tertiary/aromatic N) is 1. The van der Waals surface area contributed by atoms with Crippen molar-refractivity contribution in [1.29, 1.82) is 0 Å². The maximum absolute atomic E-state index is 10.8. The minimum absolute atomic E-state index is 0.140. The number of hydrogen-bond acceptors (Lipinski definition) is 3. The molecule has 0 saturated carbocycles. The van der Waals surface area contributed by atoms with Crippen LogP contribution < -0.4 is 5.32 Å². The van der Waals surface area contributed by atoms with E-state index in [2.05, 4.69) is 42.6 Å². The number of aryl methyl sites for hydroxylation is 1. The van der Waals surface area contributed by atoms with Crippen LogP contribution in [0.2, 0.25) is 0 Å². The first kappa shape index (κ1) is 14.0. The van der Waals surface area contributed by atoms with Crippen molar-refractivity contribution in [3.8, 4) is 0 Å². The minimum Gasteiger partial charge on any atom is -0.378 e. The van der Waals surface area contributed by atoms with Gasteiger partial charge in [-0.3, -0.25) is 10.1 Å². The summed E-state index contributed by atoms with van der Waals surface area (Å²) < 4.78 is 0. The van der Waals surface area contributed by atoms with Crippen LogP contribution in [0.5, 0.6) is 0 Å². The molecule has 4 rings (SSSR count). The Bertz CT molecular complexity index is 796. The van der Waals surface area contributed by atoms with Crippen LogP contribution in [0.15, 0.2) is 54.6 Å². The van der Waals surface area contributed by atoms with E-state index in [1.54, 1.807) is 12.1 Å². The molecule has 0 saturated heterocycles. The third kappa shape index (κ3) is 2.31. The van der Waals surface area contributed by atoms with Gasteiger partial charge < -0.3 is 5.32 Å². The Kier molecular flexibility index (Phi) is 3.18. The van der Waals surface area contributed by atoms with Crippen LogP contribution >= 0.6 is 0 Å². The molecule has 23 heavy (non-hydrogen) atoms. The quantitative estimate of drug-likeness (QED) is 0.496. The SMILES string of the molecule is Cc1ccc2c(c1)[C@H]1C=CC[C@@H]1[C@H](c1ccc([N+](=O)[O-])cc1)N2. The van der Waals surface area contributed by atoms with Gasteiger partial charge in [0.25, 0.3) is 5.69 Å². The van der Waals surface area contributed by atoms with E-state index in [-0.39, 0.29) is 16.7 Å². The van der Waals surface area contributed by atoms with E-state index < -0.39 is 0 Å². The number of nitro benzene ring substituents is 1. The molecule has 1 aliphatic heterocycles. The largest absolute Gasteiger partial charge is 0.378 e. The molecule has 1 N–H and O–H groups in total. The first-order valence-corrected chi connectivity index (χ1v) is 7.91. The molecule has 3 atom stereocenters. The summed E-state index contributed by atoms with van der Waals surface area (Å²) in [5.41, 5.74) is 5.06. The van der Waals surface area contributed by atoms with Crippen molar-refractivity contribution in [3.05, 3.63) is 81.4 Å².